The van der Waals surface area contributed by atoms with Crippen molar-refractivity contribution in [1.82, 2.24) is 5.32 Å². The number of ether oxygens (including phenoxy) is 2. The van der Waals surface area contributed by atoms with Crippen LogP contribution in [0.1, 0.15) is 21.5 Å². The number of hydrogen-bond donors (Lipinski definition) is 3. The average molecular weight is 436 g/mol. The second-order valence-corrected chi connectivity index (χ2v) is 8.51. The fourth-order valence-electron chi connectivity index (χ4n) is 3.05. The lowest BCUT2D eigenvalue weighted by Gasteiger charge is -2.14. The fourth-order valence-corrected chi connectivity index (χ4v) is 4.66. The summed E-state index contributed by atoms with van der Waals surface area (Å²) in [6, 6.07) is 7.83. The summed E-state index contributed by atoms with van der Waals surface area (Å²) < 4.78 is 35.2. The van der Waals surface area contributed by atoms with Crippen LogP contribution in [-0.4, -0.2) is 46.9 Å². The molecule has 0 heterocycles. The molecule has 1 amide bonds. The van der Waals surface area contributed by atoms with Gasteiger partial charge in [0.1, 0.15) is 11.6 Å². The van der Waals surface area contributed by atoms with Crippen LogP contribution in [0.5, 0.6) is 5.75 Å². The van der Waals surface area contributed by atoms with Crippen molar-refractivity contribution in [3.8, 4) is 5.75 Å². The van der Waals surface area contributed by atoms with E-state index in [1.165, 1.54) is 26.4 Å². The minimum atomic E-state index is -3.68. The van der Waals surface area contributed by atoms with Gasteiger partial charge >= 0.3 is 5.97 Å². The Balaban J connectivity index is 2.04. The van der Waals surface area contributed by atoms with Crippen molar-refractivity contribution >= 4 is 33.1 Å². The molecule has 2 rings (SSSR count). The number of anilines is 2. The molecule has 0 fully saturated rings. The summed E-state index contributed by atoms with van der Waals surface area (Å²) >= 11 is 0. The van der Waals surface area contributed by atoms with E-state index in [4.69, 9.17) is 10.5 Å². The van der Waals surface area contributed by atoms with Crippen LogP contribution in [0, 0.1) is 13.8 Å². The number of nitrogens with two attached hydrogens (primary N) is 1. The first-order chi connectivity index (χ1) is 14.1. The Kier molecular flexibility index (Phi) is 7.41. The van der Waals surface area contributed by atoms with E-state index in [0.29, 0.717) is 16.9 Å². The summed E-state index contributed by atoms with van der Waals surface area (Å²) in [7, 11) is -0.941. The summed E-state index contributed by atoms with van der Waals surface area (Å²) in [6.07, 6.45) is 0. The van der Waals surface area contributed by atoms with E-state index in [1.807, 2.05) is 0 Å². The van der Waals surface area contributed by atoms with Crippen LogP contribution in [0.15, 0.2) is 35.2 Å². The zero-order valence-corrected chi connectivity index (χ0v) is 18.1. The Morgan fingerprint density at radius 1 is 1.10 bits per heavy atom. The number of nitrogens with one attached hydrogen (secondary N) is 2. The second kappa shape index (κ2) is 9.59. The van der Waals surface area contributed by atoms with Gasteiger partial charge in [-0.05, 0) is 49.2 Å². The Morgan fingerprint density at radius 3 is 2.30 bits per heavy atom. The van der Waals surface area contributed by atoms with Gasteiger partial charge in [-0.25, -0.2) is 13.2 Å². The number of carbonyl (C=O) groups is 2. The van der Waals surface area contributed by atoms with Crippen LogP contribution in [0.3, 0.4) is 0 Å². The number of carbonyl (C=O) groups excluding carboxylic acids is 2. The maximum absolute atomic E-state index is 12.7. The van der Waals surface area contributed by atoms with E-state index in [2.05, 4.69) is 15.4 Å². The fraction of sp³-hybridized carbons (Fsp3) is 0.300. The average Bonchev–Trinajstić information content (AvgIpc) is 2.67. The third-order valence-electron chi connectivity index (χ3n) is 4.34. The normalized spacial score (nSPS) is 11.1. The van der Waals surface area contributed by atoms with Crippen LogP contribution < -0.4 is 21.1 Å². The molecule has 0 saturated heterocycles. The van der Waals surface area contributed by atoms with Gasteiger partial charge in [0.2, 0.25) is 5.91 Å². The van der Waals surface area contributed by atoms with Crippen molar-refractivity contribution in [1.29, 1.82) is 0 Å². The standard InChI is InChI=1S/C20H25N3O6S/c1-12-8-14(28-3)9-13(2)19(12)30(26,27)11-22-10-17(24)23-16-7-5-6-15(18(16)21)20(25)29-4/h5-9,22H,10-11,21H2,1-4H3,(H,23,24). The van der Waals surface area contributed by atoms with Gasteiger partial charge in [0.25, 0.3) is 0 Å². The topological polar surface area (TPSA) is 137 Å². The van der Waals surface area contributed by atoms with E-state index >= 15 is 0 Å². The minimum Gasteiger partial charge on any atom is -0.497 e. The molecule has 0 unspecified atom stereocenters. The molecular formula is C20H25N3O6S. The van der Waals surface area contributed by atoms with Crippen LogP contribution in [-0.2, 0) is 19.4 Å². The smallest absolute Gasteiger partial charge is 0.340 e. The number of nitrogen functional groups attached to an aromatic ring is 1. The highest BCUT2D eigenvalue weighted by molar-refractivity contribution is 7.91. The zero-order valence-electron chi connectivity index (χ0n) is 17.2. The summed E-state index contributed by atoms with van der Waals surface area (Å²) in [5.74, 6) is -0.991. The third kappa shape index (κ3) is 5.28. The predicted octanol–water partition coefficient (Wildman–Crippen LogP) is 1.64. The number of hydrogen-bond acceptors (Lipinski definition) is 8. The molecule has 162 valence electrons. The number of amides is 1. The van der Waals surface area contributed by atoms with Gasteiger partial charge in [-0.15, -0.1) is 0 Å². The van der Waals surface area contributed by atoms with Gasteiger partial charge < -0.3 is 20.5 Å². The first kappa shape index (κ1) is 23.2. The van der Waals surface area contributed by atoms with Crippen molar-refractivity contribution in [3.05, 3.63) is 47.0 Å². The first-order valence-electron chi connectivity index (χ1n) is 8.96. The molecular weight excluding hydrogens is 410 g/mol. The highest BCUT2D eigenvalue weighted by Gasteiger charge is 2.21. The maximum Gasteiger partial charge on any atom is 0.340 e. The van der Waals surface area contributed by atoms with Crippen molar-refractivity contribution in [2.45, 2.75) is 18.7 Å². The van der Waals surface area contributed by atoms with Crippen LogP contribution in [0.2, 0.25) is 0 Å². The quantitative estimate of drug-likeness (QED) is 0.420. The Morgan fingerprint density at radius 2 is 1.73 bits per heavy atom. The van der Waals surface area contributed by atoms with Crippen molar-refractivity contribution < 1.29 is 27.5 Å². The van der Waals surface area contributed by atoms with Gasteiger partial charge in [0.05, 0.1) is 42.6 Å². The second-order valence-electron chi connectivity index (χ2n) is 6.58. The summed E-state index contributed by atoms with van der Waals surface area (Å²) in [6.45, 7) is 3.10. The number of benzene rings is 2. The highest BCUT2D eigenvalue weighted by atomic mass is 32.2. The lowest BCUT2D eigenvalue weighted by Crippen LogP contribution is -2.32. The molecule has 0 aliphatic carbocycles. The van der Waals surface area contributed by atoms with Gasteiger partial charge in [-0.2, -0.15) is 0 Å². The molecule has 2 aromatic carbocycles. The third-order valence-corrected chi connectivity index (χ3v) is 6.19. The van der Waals surface area contributed by atoms with Crippen LogP contribution in [0.25, 0.3) is 0 Å². The first-order valence-corrected chi connectivity index (χ1v) is 10.6. The number of aryl methyl sites for hydroxylation is 2. The van der Waals surface area contributed by atoms with Crippen molar-refractivity contribution in [2.24, 2.45) is 0 Å². The van der Waals surface area contributed by atoms with Crippen molar-refractivity contribution in [2.75, 3.05) is 37.7 Å². The monoisotopic (exact) mass is 435 g/mol. The molecule has 0 atom stereocenters. The Hall–Kier alpha value is -3.11. The van der Waals surface area contributed by atoms with E-state index in [9.17, 15) is 18.0 Å². The number of methoxy groups -OCH3 is 2. The predicted molar refractivity (Wildman–Crippen MR) is 113 cm³/mol. The molecule has 0 aromatic heterocycles. The lowest BCUT2D eigenvalue weighted by atomic mass is 10.1. The molecule has 0 radical (unpaired) electrons. The van der Waals surface area contributed by atoms with E-state index in [0.717, 1.165) is 0 Å². The number of sulfone groups is 1. The van der Waals surface area contributed by atoms with Crippen LogP contribution in [0.4, 0.5) is 11.4 Å². The molecule has 9 nitrogen and oxygen atoms in total. The van der Waals surface area contributed by atoms with Gasteiger partial charge in [-0.1, -0.05) is 6.07 Å². The molecule has 10 heteroatoms. The lowest BCUT2D eigenvalue weighted by molar-refractivity contribution is -0.115. The largest absolute Gasteiger partial charge is 0.497 e. The SMILES string of the molecule is COC(=O)c1cccc(NC(=O)CNCS(=O)(=O)c2c(C)cc(OC)cc2C)c1N. The molecule has 30 heavy (non-hydrogen) atoms. The highest BCUT2D eigenvalue weighted by Crippen LogP contribution is 2.26. The summed E-state index contributed by atoms with van der Waals surface area (Å²) in [5, 5.41) is 5.18. The summed E-state index contributed by atoms with van der Waals surface area (Å²) in [4.78, 5) is 24.1. The number of para-hydroxylation sites is 1. The molecule has 0 spiro atoms. The number of rotatable bonds is 8. The van der Waals surface area contributed by atoms with Gasteiger partial charge in [0.15, 0.2) is 9.84 Å². The Bertz CT molecular complexity index is 1040. The summed E-state index contributed by atoms with van der Waals surface area (Å²) in [5.41, 5.74) is 7.44. The Labute approximate surface area is 175 Å². The molecule has 2 aromatic rings. The molecule has 0 aliphatic rings. The number of esters is 1. The molecule has 0 aliphatic heterocycles. The van der Waals surface area contributed by atoms with Crippen molar-refractivity contribution in [3.63, 3.8) is 0 Å². The maximum atomic E-state index is 12.7. The van der Waals surface area contributed by atoms with E-state index in [-0.39, 0.29) is 28.4 Å². The van der Waals surface area contributed by atoms with E-state index < -0.39 is 27.6 Å². The zero-order chi connectivity index (χ0) is 22.5. The molecule has 0 bridgehead atoms. The van der Waals surface area contributed by atoms with Gasteiger partial charge in [-0.3, -0.25) is 10.1 Å². The molecule has 4 N–H and O–H groups in total. The van der Waals surface area contributed by atoms with Gasteiger partial charge in [0, 0.05) is 0 Å². The molecule has 0 saturated carbocycles. The van der Waals surface area contributed by atoms with E-state index in [1.54, 1.807) is 32.0 Å². The van der Waals surface area contributed by atoms with Crippen LogP contribution >= 0.6 is 0 Å². The minimum absolute atomic E-state index is 0.0646.